The summed E-state index contributed by atoms with van der Waals surface area (Å²) in [6.07, 6.45) is 1.44. The lowest BCUT2D eigenvalue weighted by molar-refractivity contribution is -0.384. The first-order valence-corrected chi connectivity index (χ1v) is 10.3. The van der Waals surface area contributed by atoms with Crippen LogP contribution in [-0.2, 0) is 17.8 Å². The molecule has 0 aromatic heterocycles. The molecule has 9 heteroatoms. The van der Waals surface area contributed by atoms with Crippen molar-refractivity contribution in [2.75, 3.05) is 0 Å². The maximum absolute atomic E-state index is 12.1. The molecule has 1 N–H and O–H groups in total. The summed E-state index contributed by atoms with van der Waals surface area (Å²) in [5.41, 5.74) is 4.40. The summed E-state index contributed by atoms with van der Waals surface area (Å²) in [5.74, 6) is 0.0746. The van der Waals surface area contributed by atoms with Gasteiger partial charge in [0.05, 0.1) is 17.6 Å². The highest BCUT2D eigenvalue weighted by Crippen LogP contribution is 2.24. The van der Waals surface area contributed by atoms with Crippen LogP contribution in [0.4, 0.5) is 5.69 Å². The highest BCUT2D eigenvalue weighted by molar-refractivity contribution is 9.10. The van der Waals surface area contributed by atoms with Crippen LogP contribution in [0.3, 0.4) is 0 Å². The van der Waals surface area contributed by atoms with Crippen LogP contribution in [0.15, 0.2) is 76.3 Å². The molecule has 0 aliphatic carbocycles. The van der Waals surface area contributed by atoms with Gasteiger partial charge in [-0.25, -0.2) is 5.43 Å². The lowest BCUT2D eigenvalue weighted by Crippen LogP contribution is -2.19. The number of nitrogens with one attached hydrogen (secondary N) is 1. The molecule has 0 spiro atoms. The fraction of sp³-hybridized carbons (Fsp3) is 0.0909. The number of nitro benzene ring substituents is 1. The zero-order valence-electron chi connectivity index (χ0n) is 16.1. The van der Waals surface area contributed by atoms with Crippen molar-refractivity contribution >= 4 is 45.3 Å². The third kappa shape index (κ3) is 6.91. The summed E-state index contributed by atoms with van der Waals surface area (Å²) in [4.78, 5) is 22.7. The number of carbonyl (C=O) groups excluding carboxylic acids is 1. The predicted octanol–water partition coefficient (Wildman–Crippen LogP) is 5.28. The molecule has 0 bridgehead atoms. The number of halogens is 2. The van der Waals surface area contributed by atoms with E-state index in [0.717, 1.165) is 15.6 Å². The maximum Gasteiger partial charge on any atom is 0.270 e. The second-order valence-corrected chi connectivity index (χ2v) is 7.84. The van der Waals surface area contributed by atoms with E-state index in [1.165, 1.54) is 24.4 Å². The second-order valence-electron chi connectivity index (χ2n) is 6.49. The quantitative estimate of drug-likeness (QED) is 0.257. The van der Waals surface area contributed by atoms with Gasteiger partial charge in [-0.1, -0.05) is 51.8 Å². The van der Waals surface area contributed by atoms with E-state index in [0.29, 0.717) is 16.3 Å². The Balaban J connectivity index is 1.68. The van der Waals surface area contributed by atoms with Crippen LogP contribution in [0.2, 0.25) is 5.02 Å². The van der Waals surface area contributed by atoms with E-state index < -0.39 is 4.92 Å². The average Bonchev–Trinajstić information content (AvgIpc) is 2.75. The normalized spacial score (nSPS) is 10.8. The van der Waals surface area contributed by atoms with E-state index >= 15 is 0 Å². The molecule has 3 rings (SSSR count). The third-order valence-corrected chi connectivity index (χ3v) is 4.96. The predicted molar refractivity (Wildman–Crippen MR) is 122 cm³/mol. The van der Waals surface area contributed by atoms with Gasteiger partial charge < -0.3 is 4.74 Å². The van der Waals surface area contributed by atoms with Crippen LogP contribution in [0.25, 0.3) is 0 Å². The van der Waals surface area contributed by atoms with Crippen LogP contribution >= 0.6 is 27.5 Å². The Bertz CT molecular complexity index is 1100. The smallest absolute Gasteiger partial charge is 0.270 e. The van der Waals surface area contributed by atoms with Crippen LogP contribution in [-0.4, -0.2) is 17.0 Å². The molecular weight excluding hydrogens is 486 g/mol. The van der Waals surface area contributed by atoms with E-state index in [1.54, 1.807) is 24.3 Å². The van der Waals surface area contributed by atoms with Crippen LogP contribution in [0.1, 0.15) is 16.7 Å². The van der Waals surface area contributed by atoms with Crippen LogP contribution < -0.4 is 10.2 Å². The average molecular weight is 503 g/mol. The molecule has 31 heavy (non-hydrogen) atoms. The van der Waals surface area contributed by atoms with Crippen LogP contribution in [0.5, 0.6) is 5.75 Å². The fourth-order valence-electron chi connectivity index (χ4n) is 2.62. The molecule has 7 nitrogen and oxygen atoms in total. The molecule has 0 atom stereocenters. The summed E-state index contributed by atoms with van der Waals surface area (Å²) in [6.45, 7) is 0.273. The van der Waals surface area contributed by atoms with Crippen molar-refractivity contribution in [1.82, 2.24) is 5.43 Å². The number of hydrogen-bond acceptors (Lipinski definition) is 5. The molecule has 1 amide bonds. The van der Waals surface area contributed by atoms with Crippen molar-refractivity contribution in [2.24, 2.45) is 5.10 Å². The van der Waals surface area contributed by atoms with E-state index in [9.17, 15) is 14.9 Å². The summed E-state index contributed by atoms with van der Waals surface area (Å²) < 4.78 is 6.76. The van der Waals surface area contributed by atoms with E-state index in [2.05, 4.69) is 26.5 Å². The first-order valence-electron chi connectivity index (χ1n) is 9.13. The molecule has 0 heterocycles. The standard InChI is InChI=1S/C22H17BrClN3O4/c23-18-5-1-16(2-6-18)14-31-21-10-9-20(27(29)30)12-17(21)13-25-26-22(28)11-15-3-7-19(24)8-4-15/h1-10,12-13H,11,14H2,(H,26,28). The zero-order chi connectivity index (χ0) is 22.2. The van der Waals surface area contributed by atoms with Crippen molar-refractivity contribution < 1.29 is 14.5 Å². The lowest BCUT2D eigenvalue weighted by Gasteiger charge is -2.09. The Labute approximate surface area is 192 Å². The summed E-state index contributed by atoms with van der Waals surface area (Å²) in [5, 5.41) is 15.6. The SMILES string of the molecule is O=C(Cc1ccc(Cl)cc1)NN=Cc1cc([N+](=O)[O-])ccc1OCc1ccc(Br)cc1. The molecule has 0 aliphatic heterocycles. The van der Waals surface area contributed by atoms with E-state index in [-0.39, 0.29) is 24.6 Å². The minimum Gasteiger partial charge on any atom is -0.488 e. The van der Waals surface area contributed by atoms with Gasteiger partial charge in [-0.15, -0.1) is 0 Å². The Hall–Kier alpha value is -3.23. The van der Waals surface area contributed by atoms with Gasteiger partial charge >= 0.3 is 0 Å². The number of non-ortho nitro benzene ring substituents is 1. The van der Waals surface area contributed by atoms with Gasteiger partial charge in [-0.05, 0) is 41.5 Å². The molecule has 0 saturated carbocycles. The number of hydrogen-bond donors (Lipinski definition) is 1. The lowest BCUT2D eigenvalue weighted by atomic mass is 10.1. The number of nitro groups is 1. The number of hydrazone groups is 1. The maximum atomic E-state index is 12.1. The monoisotopic (exact) mass is 501 g/mol. The molecule has 3 aromatic rings. The van der Waals surface area contributed by atoms with Gasteiger partial charge in [-0.3, -0.25) is 14.9 Å². The molecule has 0 aliphatic rings. The van der Waals surface area contributed by atoms with Crippen molar-refractivity contribution in [2.45, 2.75) is 13.0 Å². The van der Waals surface area contributed by atoms with Crippen LogP contribution in [0, 0.1) is 10.1 Å². The Morgan fingerprint density at radius 2 is 1.77 bits per heavy atom. The number of amides is 1. The van der Waals surface area contributed by atoms with Crippen molar-refractivity contribution in [3.63, 3.8) is 0 Å². The Morgan fingerprint density at radius 1 is 1.10 bits per heavy atom. The largest absolute Gasteiger partial charge is 0.488 e. The molecule has 0 saturated heterocycles. The molecule has 3 aromatic carbocycles. The van der Waals surface area contributed by atoms with Gasteiger partial charge in [0.2, 0.25) is 5.91 Å². The third-order valence-electron chi connectivity index (χ3n) is 4.18. The fourth-order valence-corrected chi connectivity index (χ4v) is 3.01. The Kier molecular flexibility index (Phi) is 7.75. The number of carbonyl (C=O) groups is 1. The van der Waals surface area contributed by atoms with Gasteiger partial charge in [0.15, 0.2) is 0 Å². The topological polar surface area (TPSA) is 93.8 Å². The molecule has 0 unspecified atom stereocenters. The number of ether oxygens (including phenoxy) is 1. The van der Waals surface area contributed by atoms with Crippen molar-refractivity contribution in [3.8, 4) is 5.75 Å². The first kappa shape index (κ1) is 22.5. The second kappa shape index (κ2) is 10.7. The minimum atomic E-state index is -0.505. The van der Waals surface area contributed by atoms with E-state index in [4.69, 9.17) is 16.3 Å². The first-order chi connectivity index (χ1) is 14.9. The summed E-state index contributed by atoms with van der Waals surface area (Å²) in [6, 6.07) is 18.7. The molecule has 0 fully saturated rings. The van der Waals surface area contributed by atoms with Gasteiger partial charge in [0, 0.05) is 27.2 Å². The zero-order valence-corrected chi connectivity index (χ0v) is 18.5. The molecule has 0 radical (unpaired) electrons. The van der Waals surface area contributed by atoms with Crippen molar-refractivity contribution in [3.05, 3.63) is 103 Å². The summed E-state index contributed by atoms with van der Waals surface area (Å²) >= 11 is 9.21. The van der Waals surface area contributed by atoms with Crippen molar-refractivity contribution in [1.29, 1.82) is 0 Å². The molecule has 158 valence electrons. The van der Waals surface area contributed by atoms with Gasteiger partial charge in [0.1, 0.15) is 12.4 Å². The number of benzene rings is 3. The van der Waals surface area contributed by atoms with Gasteiger partial charge in [0.25, 0.3) is 5.69 Å². The highest BCUT2D eigenvalue weighted by Gasteiger charge is 2.11. The number of nitrogens with zero attached hydrogens (tertiary/aromatic N) is 2. The summed E-state index contributed by atoms with van der Waals surface area (Å²) in [7, 11) is 0. The highest BCUT2D eigenvalue weighted by atomic mass is 79.9. The minimum absolute atomic E-state index is 0.107. The molecular formula is C22H17BrClN3O4. The Morgan fingerprint density at radius 3 is 2.45 bits per heavy atom. The number of rotatable bonds is 8. The van der Waals surface area contributed by atoms with E-state index in [1.807, 2.05) is 24.3 Å². The van der Waals surface area contributed by atoms with Gasteiger partial charge in [-0.2, -0.15) is 5.10 Å².